The molecule has 1 aromatic carbocycles. The molecule has 2 N–H and O–H groups in total. The van der Waals surface area contributed by atoms with Crippen LogP contribution in [-0.2, 0) is 6.54 Å². The van der Waals surface area contributed by atoms with Crippen LogP contribution in [0, 0.1) is 5.82 Å². The second-order valence-corrected chi connectivity index (χ2v) is 5.42. The quantitative estimate of drug-likeness (QED) is 0.833. The molecule has 0 spiro atoms. The molecule has 1 aliphatic rings. The van der Waals surface area contributed by atoms with Gasteiger partial charge in [-0.15, -0.1) is 0 Å². The minimum atomic E-state index is -0.134. The number of β-amino-alcohol motifs (C(OH)–C–C–N with tert-alkyl or cyclic N) is 1. The average Bonchev–Trinajstić information content (AvgIpc) is 2.72. The van der Waals surface area contributed by atoms with Crippen molar-refractivity contribution < 1.29 is 9.50 Å². The highest BCUT2D eigenvalue weighted by Crippen LogP contribution is 2.24. The third-order valence-corrected chi connectivity index (χ3v) is 3.99. The van der Waals surface area contributed by atoms with Gasteiger partial charge in [0, 0.05) is 44.0 Å². The van der Waals surface area contributed by atoms with E-state index in [0.717, 1.165) is 56.9 Å². The molecule has 0 aliphatic carbocycles. The Morgan fingerprint density at radius 2 is 2.10 bits per heavy atom. The summed E-state index contributed by atoms with van der Waals surface area (Å²) >= 11 is 0. The highest BCUT2D eigenvalue weighted by atomic mass is 19.1. The molecule has 4 nitrogen and oxygen atoms in total. The summed E-state index contributed by atoms with van der Waals surface area (Å²) in [6.07, 6.45) is 1.04. The molecular weight excluding hydrogens is 269 g/mol. The fourth-order valence-electron chi connectivity index (χ4n) is 2.85. The van der Waals surface area contributed by atoms with E-state index < -0.39 is 0 Å². The van der Waals surface area contributed by atoms with Crippen molar-refractivity contribution in [3.8, 4) is 0 Å². The third kappa shape index (κ3) is 4.40. The fourth-order valence-corrected chi connectivity index (χ4v) is 2.85. The van der Waals surface area contributed by atoms with Crippen LogP contribution in [0.25, 0.3) is 0 Å². The predicted molar refractivity (Wildman–Crippen MR) is 84.1 cm³/mol. The first kappa shape index (κ1) is 16.2. The lowest BCUT2D eigenvalue weighted by Gasteiger charge is -2.26. The summed E-state index contributed by atoms with van der Waals surface area (Å²) in [4.78, 5) is 4.54. The Morgan fingerprint density at radius 3 is 2.86 bits per heavy atom. The first-order valence-corrected chi connectivity index (χ1v) is 7.82. The zero-order valence-electron chi connectivity index (χ0n) is 12.8. The summed E-state index contributed by atoms with van der Waals surface area (Å²) in [5, 5.41) is 12.3. The molecule has 1 saturated heterocycles. The van der Waals surface area contributed by atoms with E-state index >= 15 is 0 Å². The highest BCUT2D eigenvalue weighted by molar-refractivity contribution is 5.54. The van der Waals surface area contributed by atoms with Crippen molar-refractivity contribution in [2.75, 3.05) is 50.8 Å². The lowest BCUT2D eigenvalue weighted by molar-refractivity contribution is 0.204. The van der Waals surface area contributed by atoms with Gasteiger partial charge < -0.3 is 15.3 Å². The van der Waals surface area contributed by atoms with Crippen LogP contribution in [0.2, 0.25) is 0 Å². The van der Waals surface area contributed by atoms with Crippen LogP contribution in [-0.4, -0.2) is 55.9 Å². The fraction of sp³-hybridized carbons (Fsp3) is 0.625. The lowest BCUT2D eigenvalue weighted by Crippen LogP contribution is -2.33. The first-order valence-electron chi connectivity index (χ1n) is 7.82. The van der Waals surface area contributed by atoms with Gasteiger partial charge in [-0.25, -0.2) is 4.39 Å². The van der Waals surface area contributed by atoms with Crippen LogP contribution in [0.15, 0.2) is 18.2 Å². The van der Waals surface area contributed by atoms with Crippen molar-refractivity contribution in [1.82, 2.24) is 10.2 Å². The summed E-state index contributed by atoms with van der Waals surface area (Å²) in [6.45, 7) is 8.07. The summed E-state index contributed by atoms with van der Waals surface area (Å²) < 4.78 is 14.1. The van der Waals surface area contributed by atoms with E-state index in [0.29, 0.717) is 6.54 Å². The molecule has 1 heterocycles. The third-order valence-electron chi connectivity index (χ3n) is 3.99. The molecule has 1 fully saturated rings. The van der Waals surface area contributed by atoms with E-state index in [4.69, 9.17) is 5.11 Å². The van der Waals surface area contributed by atoms with Crippen LogP contribution in [0.3, 0.4) is 0 Å². The summed E-state index contributed by atoms with van der Waals surface area (Å²) in [7, 11) is 0. The Bertz CT molecular complexity index is 442. The molecule has 0 aromatic heterocycles. The normalized spacial score (nSPS) is 17.0. The van der Waals surface area contributed by atoms with Gasteiger partial charge in [0.25, 0.3) is 0 Å². The van der Waals surface area contributed by atoms with Crippen LogP contribution in [0.5, 0.6) is 0 Å². The number of anilines is 1. The van der Waals surface area contributed by atoms with Gasteiger partial charge in [-0.2, -0.15) is 0 Å². The number of hydrogen-bond donors (Lipinski definition) is 2. The maximum absolute atomic E-state index is 14.1. The molecule has 0 unspecified atom stereocenters. The van der Waals surface area contributed by atoms with Crippen molar-refractivity contribution in [2.24, 2.45) is 0 Å². The van der Waals surface area contributed by atoms with Gasteiger partial charge in [-0.3, -0.25) is 4.90 Å². The molecule has 21 heavy (non-hydrogen) atoms. The summed E-state index contributed by atoms with van der Waals surface area (Å²) in [5.41, 5.74) is 1.76. The first-order chi connectivity index (χ1) is 10.3. The van der Waals surface area contributed by atoms with Crippen LogP contribution in [0.4, 0.5) is 10.1 Å². The zero-order valence-corrected chi connectivity index (χ0v) is 12.8. The molecular formula is C16H26FN3O. The van der Waals surface area contributed by atoms with Gasteiger partial charge in [0.05, 0.1) is 6.61 Å². The molecule has 118 valence electrons. The van der Waals surface area contributed by atoms with E-state index in [-0.39, 0.29) is 12.4 Å². The number of hydrogen-bond acceptors (Lipinski definition) is 4. The molecule has 0 bridgehead atoms. The number of nitrogens with zero attached hydrogens (tertiary/aromatic N) is 2. The van der Waals surface area contributed by atoms with E-state index in [1.165, 1.54) is 6.07 Å². The van der Waals surface area contributed by atoms with Crippen LogP contribution in [0.1, 0.15) is 18.9 Å². The minimum Gasteiger partial charge on any atom is -0.395 e. The van der Waals surface area contributed by atoms with Crippen molar-refractivity contribution in [3.05, 3.63) is 29.6 Å². The second kappa shape index (κ2) is 8.32. The Labute approximate surface area is 126 Å². The molecule has 5 heteroatoms. The molecule has 1 aromatic rings. The minimum absolute atomic E-state index is 0.134. The maximum atomic E-state index is 14.1. The number of rotatable bonds is 6. The Kier molecular flexibility index (Phi) is 6.42. The largest absolute Gasteiger partial charge is 0.395 e. The Balaban J connectivity index is 2.11. The van der Waals surface area contributed by atoms with Gasteiger partial charge in [-0.05, 0) is 31.6 Å². The topological polar surface area (TPSA) is 38.7 Å². The molecule has 1 aliphatic heterocycles. The maximum Gasteiger partial charge on any atom is 0.129 e. The predicted octanol–water partition coefficient (Wildman–Crippen LogP) is 1.44. The standard InChI is InChI=1S/C16H26FN3O/c1-2-18-13-14-15(17)5-3-6-16(14)20-8-4-7-19(9-10-20)11-12-21/h3,5-6,18,21H,2,4,7-13H2,1H3. The molecule has 2 rings (SSSR count). The smallest absolute Gasteiger partial charge is 0.129 e. The number of nitrogens with one attached hydrogen (secondary N) is 1. The van der Waals surface area contributed by atoms with Gasteiger partial charge in [0.15, 0.2) is 0 Å². The highest BCUT2D eigenvalue weighted by Gasteiger charge is 2.18. The number of aliphatic hydroxyl groups excluding tert-OH is 1. The van der Waals surface area contributed by atoms with Crippen molar-refractivity contribution >= 4 is 5.69 Å². The van der Waals surface area contributed by atoms with Gasteiger partial charge in [-0.1, -0.05) is 13.0 Å². The monoisotopic (exact) mass is 295 g/mol. The van der Waals surface area contributed by atoms with Gasteiger partial charge in [0.1, 0.15) is 5.82 Å². The van der Waals surface area contributed by atoms with Crippen molar-refractivity contribution in [3.63, 3.8) is 0 Å². The summed E-state index contributed by atoms with van der Waals surface area (Å²) in [5.74, 6) is -0.134. The van der Waals surface area contributed by atoms with Gasteiger partial charge >= 0.3 is 0 Å². The van der Waals surface area contributed by atoms with E-state index in [2.05, 4.69) is 15.1 Å². The molecule has 0 radical (unpaired) electrons. The van der Waals surface area contributed by atoms with Gasteiger partial charge in [0.2, 0.25) is 0 Å². The van der Waals surface area contributed by atoms with Crippen molar-refractivity contribution in [1.29, 1.82) is 0 Å². The molecule has 0 atom stereocenters. The Morgan fingerprint density at radius 1 is 1.24 bits per heavy atom. The SMILES string of the molecule is CCNCc1c(F)cccc1N1CCCN(CCO)CC1. The summed E-state index contributed by atoms with van der Waals surface area (Å²) in [6, 6.07) is 5.33. The van der Waals surface area contributed by atoms with E-state index in [1.54, 1.807) is 6.07 Å². The average molecular weight is 295 g/mol. The van der Waals surface area contributed by atoms with Crippen molar-refractivity contribution in [2.45, 2.75) is 19.9 Å². The number of aliphatic hydroxyl groups is 1. The molecule has 0 saturated carbocycles. The molecule has 0 amide bonds. The van der Waals surface area contributed by atoms with E-state index in [9.17, 15) is 4.39 Å². The second-order valence-electron chi connectivity index (χ2n) is 5.42. The van der Waals surface area contributed by atoms with Crippen LogP contribution >= 0.6 is 0 Å². The number of benzene rings is 1. The lowest BCUT2D eigenvalue weighted by atomic mass is 10.1. The van der Waals surface area contributed by atoms with E-state index in [1.807, 2.05) is 13.0 Å². The number of halogens is 1. The van der Waals surface area contributed by atoms with Crippen LogP contribution < -0.4 is 10.2 Å². The zero-order chi connectivity index (χ0) is 15.1. The Hall–Kier alpha value is -1.17.